The van der Waals surface area contributed by atoms with E-state index < -0.39 is 57.8 Å². The van der Waals surface area contributed by atoms with Gasteiger partial charge in [0.15, 0.2) is 6.10 Å². The average Bonchev–Trinajstić information content (AvgIpc) is 3.39. The Balaban J connectivity index is 4.78. The summed E-state index contributed by atoms with van der Waals surface area (Å²) < 4.78 is 39.5. The summed E-state index contributed by atoms with van der Waals surface area (Å²) in [7, 11) is -4.77. The van der Waals surface area contributed by atoms with Crippen LogP contribution in [0.25, 0.3) is 0 Å². The van der Waals surface area contributed by atoms with E-state index in [2.05, 4.69) is 93.7 Å². The predicted molar refractivity (Wildman–Crippen MR) is 307 cm³/mol. The van der Waals surface area contributed by atoms with E-state index in [9.17, 15) is 28.9 Å². The van der Waals surface area contributed by atoms with Gasteiger partial charge in [0.1, 0.15) is 12.7 Å². The van der Waals surface area contributed by atoms with Gasteiger partial charge in [-0.2, -0.15) is 0 Å². The van der Waals surface area contributed by atoms with Gasteiger partial charge in [0.25, 0.3) is 0 Å². The second-order valence-electron chi connectivity index (χ2n) is 19.4. The molecule has 12 heteroatoms. The van der Waals surface area contributed by atoms with E-state index in [1.165, 1.54) is 96.3 Å². The summed E-state index contributed by atoms with van der Waals surface area (Å²) in [6.45, 7) is 4.35. The number of carbonyl (C=O) groups is 3. The third-order valence-electron chi connectivity index (χ3n) is 12.3. The minimum absolute atomic E-state index is 0.0539. The maximum absolute atomic E-state index is 12.9. The van der Waals surface area contributed by atoms with E-state index in [-0.39, 0.29) is 25.9 Å². The maximum atomic E-state index is 12.9. The summed E-state index contributed by atoms with van der Waals surface area (Å²) in [6, 6.07) is 0. The van der Waals surface area contributed by atoms with Crippen molar-refractivity contribution in [1.82, 2.24) is 0 Å². The average molecular weight is 1060 g/mol. The van der Waals surface area contributed by atoms with Crippen molar-refractivity contribution in [1.29, 1.82) is 0 Å². The molecule has 426 valence electrons. The van der Waals surface area contributed by atoms with Crippen molar-refractivity contribution in [2.45, 2.75) is 264 Å². The van der Waals surface area contributed by atoms with E-state index in [4.69, 9.17) is 23.3 Å². The molecule has 3 unspecified atom stereocenters. The van der Waals surface area contributed by atoms with Crippen LogP contribution >= 0.6 is 7.82 Å². The Labute approximate surface area is 451 Å². The topological polar surface area (TPSA) is 155 Å². The molecule has 0 rings (SSSR count). The molecule has 0 aromatic heterocycles. The van der Waals surface area contributed by atoms with Gasteiger partial charge in [0.05, 0.1) is 19.8 Å². The highest BCUT2D eigenvalue weighted by Gasteiger charge is 2.28. The highest BCUT2D eigenvalue weighted by atomic mass is 31.2. The minimum atomic E-state index is -4.77. The third kappa shape index (κ3) is 53.5. The normalized spacial score (nSPS) is 14.0. The second-order valence-corrected chi connectivity index (χ2v) is 20.9. The van der Waals surface area contributed by atoms with Crippen molar-refractivity contribution in [3.63, 3.8) is 0 Å². The van der Waals surface area contributed by atoms with Crippen molar-refractivity contribution >= 4 is 25.7 Å². The molecule has 3 atom stereocenters. The zero-order valence-electron chi connectivity index (χ0n) is 47.0. The number of hydrogen-bond donors (Lipinski definition) is 2. The second kappa shape index (κ2) is 55.9. The van der Waals surface area contributed by atoms with Crippen LogP contribution < -0.4 is 0 Å². The third-order valence-corrected chi connectivity index (χ3v) is 13.3. The molecule has 0 amide bonds. The zero-order valence-corrected chi connectivity index (χ0v) is 47.9. The number of unbranched alkanes of at least 4 members (excludes halogenated alkanes) is 23. The molecular weight excluding hydrogens is 952 g/mol. The number of aliphatic hydroxyl groups is 1. The van der Waals surface area contributed by atoms with Gasteiger partial charge in [0, 0.05) is 19.3 Å². The van der Waals surface area contributed by atoms with Gasteiger partial charge in [-0.25, -0.2) is 4.57 Å². The molecule has 0 bridgehead atoms. The number of carbonyl (C=O) groups excluding carboxylic acids is 3. The summed E-state index contributed by atoms with van der Waals surface area (Å²) in [4.78, 5) is 48.5. The lowest BCUT2D eigenvalue weighted by Crippen LogP contribution is -2.30. The molecule has 0 fully saturated rings. The first-order chi connectivity index (χ1) is 36.2. The highest BCUT2D eigenvalue weighted by Crippen LogP contribution is 2.43. The smallest absolute Gasteiger partial charge is 0.462 e. The number of aliphatic hydroxyl groups excluding tert-OH is 1. The van der Waals surface area contributed by atoms with Crippen LogP contribution in [0.5, 0.6) is 0 Å². The summed E-state index contributed by atoms with van der Waals surface area (Å²) in [6.07, 6.45) is 64.2. The Kier molecular flexibility index (Phi) is 53.4. The highest BCUT2D eigenvalue weighted by molar-refractivity contribution is 7.47. The van der Waals surface area contributed by atoms with Crippen molar-refractivity contribution in [2.75, 3.05) is 26.4 Å². The summed E-state index contributed by atoms with van der Waals surface area (Å²) in [5.74, 6) is -1.56. The van der Waals surface area contributed by atoms with Gasteiger partial charge in [0.2, 0.25) is 0 Å². The van der Waals surface area contributed by atoms with Crippen molar-refractivity contribution in [2.24, 2.45) is 0 Å². The number of esters is 3. The first-order valence-electron chi connectivity index (χ1n) is 29.5. The van der Waals surface area contributed by atoms with Crippen LogP contribution in [0.2, 0.25) is 0 Å². The van der Waals surface area contributed by atoms with Crippen molar-refractivity contribution < 1.29 is 52.2 Å². The Bertz CT molecular complexity index is 1560. The number of allylic oxidation sites excluding steroid dienone is 14. The lowest BCUT2D eigenvalue weighted by molar-refractivity contribution is -0.161. The fourth-order valence-electron chi connectivity index (χ4n) is 7.91. The number of rotatable bonds is 54. The van der Waals surface area contributed by atoms with E-state index in [0.717, 1.165) is 96.3 Å². The molecule has 0 radical (unpaired) electrons. The van der Waals surface area contributed by atoms with Crippen LogP contribution in [-0.4, -0.2) is 66.5 Å². The molecule has 0 saturated carbocycles. The van der Waals surface area contributed by atoms with Gasteiger partial charge in [-0.15, -0.1) is 0 Å². The number of ether oxygens (including phenoxy) is 3. The molecule has 2 N–H and O–H groups in total. The molecule has 0 spiro atoms. The lowest BCUT2D eigenvalue weighted by Gasteiger charge is -2.21. The predicted octanol–water partition coefficient (Wildman–Crippen LogP) is 17.5. The van der Waals surface area contributed by atoms with Crippen LogP contribution in [0, 0.1) is 0 Å². The Morgan fingerprint density at radius 3 is 1.16 bits per heavy atom. The van der Waals surface area contributed by atoms with E-state index >= 15 is 0 Å². The van der Waals surface area contributed by atoms with Crippen LogP contribution in [0.15, 0.2) is 85.1 Å². The molecule has 0 heterocycles. The molecular formula is C62H107O11P. The van der Waals surface area contributed by atoms with Gasteiger partial charge in [-0.05, 0) is 77.0 Å². The number of phosphoric acid groups is 1. The number of phosphoric ester groups is 1. The Morgan fingerprint density at radius 1 is 0.392 bits per heavy atom. The molecule has 0 aromatic rings. The van der Waals surface area contributed by atoms with Gasteiger partial charge in [-0.1, -0.05) is 241 Å². The molecule has 74 heavy (non-hydrogen) atoms. The Morgan fingerprint density at radius 2 is 0.730 bits per heavy atom. The van der Waals surface area contributed by atoms with Gasteiger partial charge >= 0.3 is 25.7 Å². The lowest BCUT2D eigenvalue weighted by atomic mass is 10.0. The molecule has 0 aliphatic carbocycles. The van der Waals surface area contributed by atoms with Crippen LogP contribution in [0.3, 0.4) is 0 Å². The van der Waals surface area contributed by atoms with Crippen LogP contribution in [0.1, 0.15) is 252 Å². The van der Waals surface area contributed by atoms with Crippen molar-refractivity contribution in [3.8, 4) is 0 Å². The van der Waals surface area contributed by atoms with E-state index in [0.29, 0.717) is 19.3 Å². The minimum Gasteiger partial charge on any atom is -0.462 e. The van der Waals surface area contributed by atoms with Crippen LogP contribution in [-0.2, 0) is 42.2 Å². The maximum Gasteiger partial charge on any atom is 0.472 e. The van der Waals surface area contributed by atoms with Crippen molar-refractivity contribution in [3.05, 3.63) is 85.1 Å². The molecule has 0 aliphatic heterocycles. The van der Waals surface area contributed by atoms with Crippen LogP contribution in [0.4, 0.5) is 0 Å². The molecule has 0 aromatic carbocycles. The van der Waals surface area contributed by atoms with Gasteiger partial charge < -0.3 is 24.2 Å². The summed E-state index contributed by atoms with van der Waals surface area (Å²) in [5, 5.41) is 9.79. The molecule has 0 saturated heterocycles. The standard InChI is InChI=1S/C62H107O11P/c1-4-7-10-13-16-19-22-25-27-29-31-34-36-39-42-45-48-51-60(64)69-55-59(73-62(66)53-50-47-44-41-38-35-32-30-28-26-23-20-17-14-11-8-5-2)57-71-74(67,68)70-56-58(54-63)72-61(65)52-49-46-43-40-37-33-24-21-18-15-12-9-6-3/h7,9-10,12,16,18-19,21,25,27,33,37,43,46,58-59,63H,4-6,8,11,13-15,17,20,22-24,26,28-32,34-36,38-42,44-45,47-57H2,1-3H3,(H,67,68)/b10-7-,12-9-,19-16-,21-18-,27-25-,37-33-,46-43-. The largest absolute Gasteiger partial charge is 0.472 e. The first-order valence-corrected chi connectivity index (χ1v) is 31.0. The van der Waals surface area contributed by atoms with E-state index in [1.54, 1.807) is 0 Å². The Hall–Kier alpha value is -3.34. The first kappa shape index (κ1) is 70.7. The molecule has 11 nitrogen and oxygen atoms in total. The SMILES string of the molecule is CC/C=C\C/C=C\C/C=C\C/C=C\CCC(=O)OC(CO)COP(=O)(O)OCC(COC(=O)CCCCCCCCC/C=C\C/C=C\C/C=C\CC)OC(=O)CCCCCCCCCCCCCCCCCCC. The quantitative estimate of drug-likeness (QED) is 0.0197. The zero-order chi connectivity index (χ0) is 54.1. The number of hydrogen-bond acceptors (Lipinski definition) is 10. The summed E-state index contributed by atoms with van der Waals surface area (Å²) in [5.41, 5.74) is 0. The molecule has 0 aliphatic rings. The summed E-state index contributed by atoms with van der Waals surface area (Å²) >= 11 is 0. The fourth-order valence-corrected chi connectivity index (χ4v) is 8.70. The van der Waals surface area contributed by atoms with Gasteiger partial charge in [-0.3, -0.25) is 23.4 Å². The van der Waals surface area contributed by atoms with E-state index in [1.807, 2.05) is 12.2 Å². The monoisotopic (exact) mass is 1060 g/mol. The fraction of sp³-hybridized carbons (Fsp3) is 0.726.